The molecule has 0 spiro atoms. The zero-order chi connectivity index (χ0) is 25.0. The Morgan fingerprint density at radius 2 is 1.71 bits per heavy atom. The van der Waals surface area contributed by atoms with Gasteiger partial charge in [0.1, 0.15) is 0 Å². The highest BCUT2D eigenvalue weighted by atomic mass is 19.4. The summed E-state index contributed by atoms with van der Waals surface area (Å²) in [4.78, 5) is 59.3. The average Bonchev–Trinajstić information content (AvgIpc) is 3.02. The molecule has 0 saturated heterocycles. The molecule has 0 bridgehead atoms. The summed E-state index contributed by atoms with van der Waals surface area (Å²) in [6, 6.07) is 9.30. The third kappa shape index (κ3) is 5.36. The van der Waals surface area contributed by atoms with E-state index in [9.17, 15) is 42.5 Å². The number of fused-ring (bicyclic) bond motifs is 1. The van der Waals surface area contributed by atoms with Crippen molar-refractivity contribution in [1.29, 1.82) is 0 Å². The lowest BCUT2D eigenvalue weighted by Gasteiger charge is -2.15. The van der Waals surface area contributed by atoms with Gasteiger partial charge in [-0.25, -0.2) is 0 Å². The number of rotatable bonds is 8. The molecule has 34 heavy (non-hydrogen) atoms. The lowest BCUT2D eigenvalue weighted by molar-refractivity contribution is -0.384. The van der Waals surface area contributed by atoms with Crippen LogP contribution in [0.5, 0.6) is 0 Å². The topological polar surface area (TPSA) is 139 Å². The fourth-order valence-electron chi connectivity index (χ4n) is 3.28. The molecule has 1 aliphatic heterocycles. The first-order valence-electron chi connectivity index (χ1n) is 9.86. The molecule has 0 fully saturated rings. The number of non-ortho nitro benzene ring substituents is 1. The minimum absolute atomic E-state index is 0.0369. The van der Waals surface area contributed by atoms with Gasteiger partial charge in [0.2, 0.25) is 5.91 Å². The summed E-state index contributed by atoms with van der Waals surface area (Å²) < 4.78 is 37.1. The number of halogens is 3. The van der Waals surface area contributed by atoms with E-state index in [4.69, 9.17) is 0 Å². The molecule has 2 aromatic carbocycles. The van der Waals surface area contributed by atoms with E-state index in [1.54, 1.807) is 11.4 Å². The van der Waals surface area contributed by atoms with Crippen molar-refractivity contribution in [3.05, 3.63) is 69.3 Å². The minimum Gasteiger partial charge on any atom is -0.344 e. The molecule has 0 unspecified atom stereocenters. The molecule has 2 N–H and O–H groups in total. The van der Waals surface area contributed by atoms with Crippen LogP contribution in [0, 0.1) is 10.1 Å². The molecule has 0 aliphatic carbocycles. The lowest BCUT2D eigenvalue weighted by atomic mass is 10.1. The van der Waals surface area contributed by atoms with Crippen molar-refractivity contribution in [2.45, 2.75) is 25.6 Å². The van der Waals surface area contributed by atoms with Gasteiger partial charge in [0.15, 0.2) is 0 Å². The van der Waals surface area contributed by atoms with E-state index >= 15 is 0 Å². The number of hydrogen-bond donors (Lipinski definition) is 2. The highest BCUT2D eigenvalue weighted by molar-refractivity contribution is 6.21. The molecular formula is C21H17F3N4O6. The quantitative estimate of drug-likeness (QED) is 0.340. The predicted molar refractivity (Wildman–Crippen MR) is 111 cm³/mol. The number of alkyl halides is 3. The van der Waals surface area contributed by atoms with E-state index in [-0.39, 0.29) is 47.5 Å². The van der Waals surface area contributed by atoms with Gasteiger partial charge in [-0.1, -0.05) is 18.2 Å². The van der Waals surface area contributed by atoms with Gasteiger partial charge in [-0.05, 0) is 24.1 Å². The van der Waals surface area contributed by atoms with E-state index in [0.717, 1.165) is 17.0 Å². The number of para-hydroxylation sites is 1. The number of imide groups is 1. The number of carbonyl (C=O) groups excluding carboxylic acids is 4. The van der Waals surface area contributed by atoms with Crippen LogP contribution < -0.4 is 10.6 Å². The summed E-state index contributed by atoms with van der Waals surface area (Å²) in [6.45, 7) is -0.577. The molecule has 0 saturated carbocycles. The fraction of sp³-hybridized carbons (Fsp3) is 0.238. The molecule has 1 heterocycles. The van der Waals surface area contributed by atoms with Crippen molar-refractivity contribution < 1.29 is 37.3 Å². The van der Waals surface area contributed by atoms with Crippen LogP contribution in [-0.2, 0) is 16.1 Å². The van der Waals surface area contributed by atoms with Crippen molar-refractivity contribution in [1.82, 2.24) is 10.2 Å². The standard InChI is InChI=1S/C21H17F3N4O6/c22-21(23,24)20(32)25-11-12-4-1-2-5-16(12)26-17(29)6-3-9-27-18(30)14-8-7-13(28(33)34)10-15(14)19(27)31/h1-2,4-5,7-8,10H,3,6,9,11H2,(H,25,32)(H,26,29). The zero-order valence-electron chi connectivity index (χ0n) is 17.3. The molecule has 13 heteroatoms. The predicted octanol–water partition coefficient (Wildman–Crippen LogP) is 2.79. The van der Waals surface area contributed by atoms with Crippen LogP contribution in [0.1, 0.15) is 39.1 Å². The van der Waals surface area contributed by atoms with Crippen LogP contribution in [0.15, 0.2) is 42.5 Å². The SMILES string of the molecule is O=C(CCCN1C(=O)c2ccc([N+](=O)[O-])cc2C1=O)Nc1ccccc1CNC(=O)C(F)(F)F. The Kier molecular flexibility index (Phi) is 6.94. The molecule has 2 aromatic rings. The molecule has 10 nitrogen and oxygen atoms in total. The third-order valence-corrected chi connectivity index (χ3v) is 4.94. The van der Waals surface area contributed by atoms with Gasteiger partial charge >= 0.3 is 12.1 Å². The Morgan fingerprint density at radius 3 is 2.38 bits per heavy atom. The largest absolute Gasteiger partial charge is 0.471 e. The first kappa shape index (κ1) is 24.4. The van der Waals surface area contributed by atoms with Gasteiger partial charge in [-0.2, -0.15) is 13.2 Å². The fourth-order valence-corrected chi connectivity index (χ4v) is 3.28. The highest BCUT2D eigenvalue weighted by Gasteiger charge is 2.38. The number of amides is 4. The Labute approximate surface area is 189 Å². The number of benzene rings is 2. The molecule has 0 atom stereocenters. The zero-order valence-corrected chi connectivity index (χ0v) is 17.3. The molecule has 178 valence electrons. The van der Waals surface area contributed by atoms with Crippen LogP contribution in [0.2, 0.25) is 0 Å². The normalized spacial score (nSPS) is 13.0. The number of anilines is 1. The molecule has 3 rings (SSSR count). The first-order chi connectivity index (χ1) is 16.0. The van der Waals surface area contributed by atoms with Gasteiger partial charge in [0, 0.05) is 37.3 Å². The van der Waals surface area contributed by atoms with Crippen molar-refractivity contribution in [3.8, 4) is 0 Å². The van der Waals surface area contributed by atoms with E-state index in [1.807, 2.05) is 0 Å². The summed E-state index contributed by atoms with van der Waals surface area (Å²) in [5, 5.41) is 15.1. The van der Waals surface area contributed by atoms with Gasteiger partial charge in [0.25, 0.3) is 17.5 Å². The monoisotopic (exact) mass is 478 g/mol. The van der Waals surface area contributed by atoms with Gasteiger partial charge in [0.05, 0.1) is 16.1 Å². The maximum absolute atomic E-state index is 12.5. The Bertz CT molecular complexity index is 1180. The average molecular weight is 478 g/mol. The number of nitrogens with zero attached hydrogens (tertiary/aromatic N) is 2. The van der Waals surface area contributed by atoms with Crippen LogP contribution >= 0.6 is 0 Å². The Balaban J connectivity index is 1.55. The summed E-state index contributed by atoms with van der Waals surface area (Å²) >= 11 is 0. The molecule has 4 amide bonds. The van der Waals surface area contributed by atoms with E-state index in [1.165, 1.54) is 24.3 Å². The molecular weight excluding hydrogens is 461 g/mol. The Morgan fingerprint density at radius 1 is 1.03 bits per heavy atom. The van der Waals surface area contributed by atoms with Gasteiger partial charge in [-0.3, -0.25) is 34.2 Å². The van der Waals surface area contributed by atoms with Crippen LogP contribution in [-0.4, -0.2) is 46.2 Å². The number of hydrogen-bond acceptors (Lipinski definition) is 6. The second-order valence-electron chi connectivity index (χ2n) is 7.24. The van der Waals surface area contributed by atoms with Crippen molar-refractivity contribution in [3.63, 3.8) is 0 Å². The van der Waals surface area contributed by atoms with Crippen LogP contribution in [0.4, 0.5) is 24.5 Å². The van der Waals surface area contributed by atoms with Crippen molar-refractivity contribution >= 4 is 35.0 Å². The maximum Gasteiger partial charge on any atom is 0.471 e. The lowest BCUT2D eigenvalue weighted by Crippen LogP contribution is -2.36. The van der Waals surface area contributed by atoms with Gasteiger partial charge < -0.3 is 10.6 Å². The smallest absolute Gasteiger partial charge is 0.344 e. The van der Waals surface area contributed by atoms with Gasteiger partial charge in [-0.15, -0.1) is 0 Å². The second kappa shape index (κ2) is 9.68. The number of carbonyl (C=O) groups is 4. The summed E-state index contributed by atoms with van der Waals surface area (Å²) in [6.07, 6.45) is -5.09. The molecule has 1 aliphatic rings. The van der Waals surface area contributed by atoms with Crippen molar-refractivity contribution in [2.24, 2.45) is 0 Å². The minimum atomic E-state index is -5.03. The Hall–Kier alpha value is -4.29. The van der Waals surface area contributed by atoms with E-state index in [2.05, 4.69) is 5.32 Å². The summed E-state index contributed by atoms with van der Waals surface area (Å²) in [7, 11) is 0. The summed E-state index contributed by atoms with van der Waals surface area (Å²) in [5.74, 6) is -3.96. The first-order valence-corrected chi connectivity index (χ1v) is 9.86. The van der Waals surface area contributed by atoms with Crippen molar-refractivity contribution in [2.75, 3.05) is 11.9 Å². The van der Waals surface area contributed by atoms with E-state index < -0.39 is 41.3 Å². The summed E-state index contributed by atoms with van der Waals surface area (Å²) in [5.41, 5.74) is 0.0676. The number of nitrogens with one attached hydrogen (secondary N) is 2. The van der Waals surface area contributed by atoms with E-state index in [0.29, 0.717) is 0 Å². The number of nitro groups is 1. The highest BCUT2D eigenvalue weighted by Crippen LogP contribution is 2.27. The third-order valence-electron chi connectivity index (χ3n) is 4.94. The second-order valence-corrected chi connectivity index (χ2v) is 7.24. The molecule has 0 radical (unpaired) electrons. The number of nitro benzene ring substituents is 1. The molecule has 0 aromatic heterocycles. The van der Waals surface area contributed by atoms with Crippen LogP contribution in [0.3, 0.4) is 0 Å². The van der Waals surface area contributed by atoms with Crippen LogP contribution in [0.25, 0.3) is 0 Å². The maximum atomic E-state index is 12.5.